The maximum atomic E-state index is 11.1. The van der Waals surface area contributed by atoms with Gasteiger partial charge in [-0.25, -0.2) is 0 Å². The number of anilines is 1. The molecule has 0 unspecified atom stereocenters. The molecule has 0 bridgehead atoms. The highest BCUT2D eigenvalue weighted by atomic mass is 33.1. The number of hydrogen-bond donors (Lipinski definition) is 3. The van der Waals surface area contributed by atoms with E-state index in [0.717, 1.165) is 31.4 Å². The van der Waals surface area contributed by atoms with Crippen molar-refractivity contribution in [2.45, 2.75) is 12.8 Å². The summed E-state index contributed by atoms with van der Waals surface area (Å²) in [4.78, 5) is 21.6. The lowest BCUT2D eigenvalue weighted by Crippen LogP contribution is -2.26. The summed E-state index contributed by atoms with van der Waals surface area (Å²) in [6, 6.07) is 7.33. The quantitative estimate of drug-likeness (QED) is 0.283. The Morgan fingerprint density at radius 2 is 1.89 bits per heavy atom. The van der Waals surface area contributed by atoms with Gasteiger partial charge in [-0.05, 0) is 37.1 Å². The Bertz CT molecular complexity index is 396. The van der Waals surface area contributed by atoms with E-state index < -0.39 is 0 Å². The Kier molecular flexibility index (Phi) is 8.16. The predicted molar refractivity (Wildman–Crippen MR) is 84.0 cm³/mol. The molecule has 0 fully saturated rings. The van der Waals surface area contributed by atoms with E-state index in [1.807, 2.05) is 12.1 Å². The Labute approximate surface area is 122 Å². The summed E-state index contributed by atoms with van der Waals surface area (Å²) in [5.74, 6) is 0.419. The van der Waals surface area contributed by atoms with E-state index in [-0.39, 0.29) is 5.91 Å². The summed E-state index contributed by atoms with van der Waals surface area (Å²) in [6.07, 6.45) is 2.74. The SMILES string of the molecule is O=Cc1ccc(NCCCCNC(=O)CSS)cc1. The van der Waals surface area contributed by atoms with E-state index in [4.69, 9.17) is 0 Å². The third kappa shape index (κ3) is 7.12. The summed E-state index contributed by atoms with van der Waals surface area (Å²) >= 11 is 3.92. The van der Waals surface area contributed by atoms with E-state index in [1.54, 1.807) is 12.1 Å². The Hall–Kier alpha value is -1.14. The molecule has 0 aliphatic rings. The van der Waals surface area contributed by atoms with Crippen LogP contribution in [0.5, 0.6) is 0 Å². The lowest BCUT2D eigenvalue weighted by atomic mass is 10.2. The minimum atomic E-state index is 0.0254. The molecule has 1 aromatic rings. The van der Waals surface area contributed by atoms with Crippen molar-refractivity contribution in [3.05, 3.63) is 29.8 Å². The van der Waals surface area contributed by atoms with Gasteiger partial charge >= 0.3 is 0 Å². The summed E-state index contributed by atoms with van der Waals surface area (Å²) in [5.41, 5.74) is 1.68. The zero-order valence-electron chi connectivity index (χ0n) is 10.6. The molecule has 0 atom stereocenters. The molecule has 1 amide bonds. The first-order valence-corrected chi connectivity index (χ1v) is 8.12. The van der Waals surface area contributed by atoms with Crippen molar-refractivity contribution in [2.24, 2.45) is 0 Å². The first-order chi connectivity index (χ1) is 9.26. The van der Waals surface area contributed by atoms with Gasteiger partial charge in [-0.1, -0.05) is 10.8 Å². The molecule has 0 spiro atoms. The summed E-state index contributed by atoms with van der Waals surface area (Å²) in [7, 11) is 1.22. The fraction of sp³-hybridized carbons (Fsp3) is 0.385. The van der Waals surface area contributed by atoms with Crippen LogP contribution < -0.4 is 10.6 Å². The molecule has 2 N–H and O–H groups in total. The van der Waals surface area contributed by atoms with Crippen LogP contribution in [0.2, 0.25) is 0 Å². The van der Waals surface area contributed by atoms with Crippen LogP contribution in [-0.4, -0.2) is 31.0 Å². The maximum absolute atomic E-state index is 11.1. The fourth-order valence-corrected chi connectivity index (χ4v) is 2.07. The average Bonchev–Trinajstić information content (AvgIpc) is 2.43. The van der Waals surface area contributed by atoms with E-state index in [9.17, 15) is 9.59 Å². The van der Waals surface area contributed by atoms with Gasteiger partial charge in [0.05, 0.1) is 5.75 Å². The van der Waals surface area contributed by atoms with Gasteiger partial charge in [-0.15, -0.1) is 11.7 Å². The van der Waals surface area contributed by atoms with Gasteiger partial charge in [0.15, 0.2) is 0 Å². The number of rotatable bonds is 9. The highest BCUT2D eigenvalue weighted by molar-refractivity contribution is 8.68. The number of unbranched alkanes of at least 4 members (excludes halogenated alkanes) is 1. The number of nitrogens with one attached hydrogen (secondary N) is 2. The molecular weight excluding hydrogens is 280 g/mol. The molecule has 0 aliphatic heterocycles. The highest BCUT2D eigenvalue weighted by Gasteiger charge is 1.98. The monoisotopic (exact) mass is 298 g/mol. The van der Waals surface area contributed by atoms with Crippen LogP contribution >= 0.6 is 22.5 Å². The predicted octanol–water partition coefficient (Wildman–Crippen LogP) is 2.39. The van der Waals surface area contributed by atoms with Crippen LogP contribution in [0.3, 0.4) is 0 Å². The number of amides is 1. The van der Waals surface area contributed by atoms with Crippen molar-refractivity contribution in [3.8, 4) is 0 Å². The molecule has 0 aliphatic carbocycles. The fourth-order valence-electron chi connectivity index (χ4n) is 1.50. The van der Waals surface area contributed by atoms with Gasteiger partial charge in [0.25, 0.3) is 0 Å². The smallest absolute Gasteiger partial charge is 0.230 e. The van der Waals surface area contributed by atoms with Crippen molar-refractivity contribution >= 4 is 40.3 Å². The minimum Gasteiger partial charge on any atom is -0.385 e. The molecule has 0 saturated carbocycles. The van der Waals surface area contributed by atoms with Crippen LogP contribution in [0, 0.1) is 0 Å². The second-order valence-corrected chi connectivity index (χ2v) is 5.32. The van der Waals surface area contributed by atoms with E-state index in [2.05, 4.69) is 22.3 Å². The van der Waals surface area contributed by atoms with Gasteiger partial charge in [-0.3, -0.25) is 9.59 Å². The molecule has 1 rings (SSSR count). The van der Waals surface area contributed by atoms with Crippen LogP contribution in [-0.2, 0) is 4.79 Å². The number of carbonyl (C=O) groups excluding carboxylic acids is 2. The van der Waals surface area contributed by atoms with Crippen molar-refractivity contribution in [2.75, 3.05) is 24.2 Å². The second-order valence-electron chi connectivity index (χ2n) is 4.00. The third-order valence-electron chi connectivity index (χ3n) is 2.50. The summed E-state index contributed by atoms with van der Waals surface area (Å²) < 4.78 is 0. The Morgan fingerprint density at radius 1 is 1.21 bits per heavy atom. The Morgan fingerprint density at radius 3 is 2.53 bits per heavy atom. The number of carbonyl (C=O) groups is 2. The van der Waals surface area contributed by atoms with Crippen LogP contribution in [0.4, 0.5) is 5.69 Å². The van der Waals surface area contributed by atoms with E-state index in [1.165, 1.54) is 10.8 Å². The molecule has 0 radical (unpaired) electrons. The largest absolute Gasteiger partial charge is 0.385 e. The van der Waals surface area contributed by atoms with Gasteiger partial charge in [0, 0.05) is 24.3 Å². The lowest BCUT2D eigenvalue weighted by Gasteiger charge is -2.07. The number of benzene rings is 1. The summed E-state index contributed by atoms with van der Waals surface area (Å²) in [5, 5.41) is 6.09. The molecule has 0 heterocycles. The topological polar surface area (TPSA) is 58.2 Å². The molecule has 104 valence electrons. The number of thiol groups is 1. The van der Waals surface area contributed by atoms with Gasteiger partial charge in [-0.2, -0.15) is 0 Å². The average molecular weight is 298 g/mol. The highest BCUT2D eigenvalue weighted by Crippen LogP contribution is 2.08. The number of aldehydes is 1. The van der Waals surface area contributed by atoms with Crippen LogP contribution in [0.15, 0.2) is 24.3 Å². The van der Waals surface area contributed by atoms with Gasteiger partial charge in [0.1, 0.15) is 6.29 Å². The lowest BCUT2D eigenvalue weighted by molar-refractivity contribution is -0.118. The van der Waals surface area contributed by atoms with Crippen molar-refractivity contribution in [3.63, 3.8) is 0 Å². The normalized spacial score (nSPS) is 9.95. The third-order valence-corrected chi connectivity index (χ3v) is 3.28. The first kappa shape index (κ1) is 15.9. The molecule has 6 heteroatoms. The van der Waals surface area contributed by atoms with Crippen LogP contribution in [0.1, 0.15) is 23.2 Å². The van der Waals surface area contributed by atoms with Gasteiger partial charge < -0.3 is 10.6 Å². The van der Waals surface area contributed by atoms with Crippen LogP contribution in [0.25, 0.3) is 0 Å². The van der Waals surface area contributed by atoms with Crippen molar-refractivity contribution in [1.29, 1.82) is 0 Å². The minimum absolute atomic E-state index is 0.0254. The molecule has 1 aromatic carbocycles. The standard InChI is InChI=1S/C13H18N2O2S2/c16-9-11-3-5-12(6-4-11)14-7-1-2-8-15-13(17)10-19-18/h3-6,9,14,18H,1-2,7-8,10H2,(H,15,17). The maximum Gasteiger partial charge on any atom is 0.230 e. The molecule has 4 nitrogen and oxygen atoms in total. The van der Waals surface area contributed by atoms with Crippen molar-refractivity contribution < 1.29 is 9.59 Å². The Balaban J connectivity index is 2.07. The second kappa shape index (κ2) is 9.75. The number of hydrogen-bond acceptors (Lipinski definition) is 5. The van der Waals surface area contributed by atoms with Gasteiger partial charge in [0.2, 0.25) is 5.91 Å². The molecular formula is C13H18N2O2S2. The molecule has 0 saturated heterocycles. The van der Waals surface area contributed by atoms with E-state index in [0.29, 0.717) is 17.9 Å². The van der Waals surface area contributed by atoms with E-state index >= 15 is 0 Å². The first-order valence-electron chi connectivity index (χ1n) is 6.08. The molecule has 19 heavy (non-hydrogen) atoms. The van der Waals surface area contributed by atoms with Crippen molar-refractivity contribution in [1.82, 2.24) is 5.32 Å². The summed E-state index contributed by atoms with van der Waals surface area (Å²) in [6.45, 7) is 1.54. The molecule has 0 aromatic heterocycles. The zero-order chi connectivity index (χ0) is 13.9. The zero-order valence-corrected chi connectivity index (χ0v) is 12.3.